The first-order chi connectivity index (χ1) is 11.6. The van der Waals surface area contributed by atoms with E-state index in [9.17, 15) is 4.79 Å². The van der Waals surface area contributed by atoms with Crippen molar-refractivity contribution in [2.45, 2.75) is 45.1 Å². The van der Waals surface area contributed by atoms with E-state index in [1.165, 1.54) is 16.7 Å². The van der Waals surface area contributed by atoms with Crippen LogP contribution in [0.1, 0.15) is 47.9 Å². The van der Waals surface area contributed by atoms with Crippen LogP contribution in [0.25, 0.3) is 0 Å². The molecule has 0 radical (unpaired) electrons. The molecule has 2 heterocycles. The van der Waals surface area contributed by atoms with Crippen molar-refractivity contribution in [2.24, 2.45) is 5.92 Å². The van der Waals surface area contributed by atoms with E-state index in [1.807, 2.05) is 10.9 Å². The van der Waals surface area contributed by atoms with Gasteiger partial charge in [-0.1, -0.05) is 29.8 Å². The molecule has 1 aliphatic heterocycles. The maximum atomic E-state index is 12.9. The fourth-order valence-electron chi connectivity index (χ4n) is 3.98. The molecule has 4 rings (SSSR count). The first-order valence-electron chi connectivity index (χ1n) is 8.98. The van der Waals surface area contributed by atoms with Crippen LogP contribution in [-0.2, 0) is 4.79 Å². The zero-order valence-corrected chi connectivity index (χ0v) is 14.5. The largest absolute Gasteiger partial charge is 0.340 e. The van der Waals surface area contributed by atoms with Crippen LogP contribution in [0.15, 0.2) is 36.7 Å². The Kier molecular flexibility index (Phi) is 3.91. The molecule has 1 saturated heterocycles. The number of aryl methyl sites for hydroxylation is 2. The summed E-state index contributed by atoms with van der Waals surface area (Å²) in [5.41, 5.74) is 3.78. The Hall–Kier alpha value is -2.10. The molecule has 2 aromatic rings. The highest BCUT2D eigenvalue weighted by Gasteiger charge is 2.46. The highest BCUT2D eigenvalue weighted by Crippen LogP contribution is 2.49. The van der Waals surface area contributed by atoms with Gasteiger partial charge in [0.05, 0.1) is 12.2 Å². The molecule has 24 heavy (non-hydrogen) atoms. The second-order valence-corrected chi connectivity index (χ2v) is 7.44. The Morgan fingerprint density at radius 1 is 1.25 bits per heavy atom. The van der Waals surface area contributed by atoms with E-state index >= 15 is 0 Å². The van der Waals surface area contributed by atoms with Crippen LogP contribution in [0.3, 0.4) is 0 Å². The third kappa shape index (κ3) is 2.97. The number of carbonyl (C=O) groups excluding carboxylic acids is 1. The fourth-order valence-corrected chi connectivity index (χ4v) is 3.98. The summed E-state index contributed by atoms with van der Waals surface area (Å²) in [4.78, 5) is 15.0. The van der Waals surface area contributed by atoms with Crippen LogP contribution in [0, 0.1) is 19.8 Å². The van der Waals surface area contributed by atoms with Gasteiger partial charge in [-0.2, -0.15) is 5.10 Å². The molecule has 4 nitrogen and oxygen atoms in total. The van der Waals surface area contributed by atoms with Crippen LogP contribution in [0.5, 0.6) is 0 Å². The second-order valence-electron chi connectivity index (χ2n) is 7.44. The summed E-state index contributed by atoms with van der Waals surface area (Å²) in [6, 6.07) is 8.93. The van der Waals surface area contributed by atoms with Crippen LogP contribution in [-0.4, -0.2) is 33.7 Å². The van der Waals surface area contributed by atoms with Crippen molar-refractivity contribution in [1.29, 1.82) is 0 Å². The Morgan fingerprint density at radius 3 is 2.88 bits per heavy atom. The summed E-state index contributed by atoms with van der Waals surface area (Å²) in [6.45, 7) is 5.87. The number of benzene rings is 1. The quantitative estimate of drug-likeness (QED) is 0.867. The van der Waals surface area contributed by atoms with E-state index in [1.54, 1.807) is 0 Å². The van der Waals surface area contributed by atoms with Gasteiger partial charge >= 0.3 is 0 Å². The van der Waals surface area contributed by atoms with Crippen molar-refractivity contribution < 1.29 is 4.79 Å². The standard InChI is InChI=1S/C20H25N3O/c1-14-5-3-6-16(9-14)18-10-19(18)20(24)22-8-4-7-17(13-22)23-12-15(2)11-21-23/h3,5-6,9,11-12,17-19H,4,7-8,10,13H2,1-2H3/t17-,18-,19+/m0/s1. The number of likely N-dealkylation sites (tertiary alicyclic amines) is 1. The van der Waals surface area contributed by atoms with Gasteiger partial charge in [0.25, 0.3) is 0 Å². The average molecular weight is 323 g/mol. The second kappa shape index (κ2) is 6.08. The normalized spacial score (nSPS) is 26.4. The van der Waals surface area contributed by atoms with Gasteiger partial charge in [0.1, 0.15) is 0 Å². The third-order valence-corrected chi connectivity index (χ3v) is 5.39. The van der Waals surface area contributed by atoms with Crippen molar-refractivity contribution in [3.8, 4) is 0 Å². The van der Waals surface area contributed by atoms with Gasteiger partial charge in [-0.15, -0.1) is 0 Å². The van der Waals surface area contributed by atoms with Crippen molar-refractivity contribution in [3.05, 3.63) is 53.3 Å². The molecule has 0 N–H and O–H groups in total. The summed E-state index contributed by atoms with van der Waals surface area (Å²) in [5, 5.41) is 4.44. The minimum atomic E-state index is 0.185. The van der Waals surface area contributed by atoms with Gasteiger partial charge in [0.15, 0.2) is 0 Å². The number of amides is 1. The molecule has 2 fully saturated rings. The SMILES string of the molecule is Cc1cccc([C@@H]2C[C@H]2C(=O)N2CCC[C@H](n3cc(C)cn3)C2)c1. The van der Waals surface area contributed by atoms with E-state index in [4.69, 9.17) is 0 Å². The molecule has 1 amide bonds. The molecule has 0 unspecified atom stereocenters. The van der Waals surface area contributed by atoms with Crippen molar-refractivity contribution >= 4 is 5.91 Å². The smallest absolute Gasteiger partial charge is 0.226 e. The van der Waals surface area contributed by atoms with Gasteiger partial charge in [-0.3, -0.25) is 9.48 Å². The van der Waals surface area contributed by atoms with E-state index < -0.39 is 0 Å². The highest BCUT2D eigenvalue weighted by molar-refractivity contribution is 5.83. The molecular weight excluding hydrogens is 298 g/mol. The maximum absolute atomic E-state index is 12.9. The van der Waals surface area contributed by atoms with Crippen LogP contribution >= 0.6 is 0 Å². The Balaban J connectivity index is 1.42. The van der Waals surface area contributed by atoms with Crippen molar-refractivity contribution in [1.82, 2.24) is 14.7 Å². The zero-order valence-electron chi connectivity index (χ0n) is 14.5. The lowest BCUT2D eigenvalue weighted by molar-refractivity contribution is -0.134. The van der Waals surface area contributed by atoms with Crippen molar-refractivity contribution in [3.63, 3.8) is 0 Å². The fraction of sp³-hybridized carbons (Fsp3) is 0.500. The molecule has 4 heteroatoms. The van der Waals surface area contributed by atoms with E-state index in [-0.39, 0.29) is 5.92 Å². The molecule has 2 aliphatic rings. The van der Waals surface area contributed by atoms with Crippen LogP contribution in [0.4, 0.5) is 0 Å². The molecule has 0 bridgehead atoms. The summed E-state index contributed by atoms with van der Waals surface area (Å²) in [5.74, 6) is 0.949. The predicted octanol–water partition coefficient (Wildman–Crippen LogP) is 3.47. The number of piperidine rings is 1. The number of hydrogen-bond donors (Lipinski definition) is 0. The van der Waals surface area contributed by atoms with Gasteiger partial charge in [0, 0.05) is 25.2 Å². The van der Waals surface area contributed by atoms with E-state index in [0.29, 0.717) is 17.9 Å². The lowest BCUT2D eigenvalue weighted by Gasteiger charge is -2.33. The first kappa shape index (κ1) is 15.4. The molecule has 1 aromatic carbocycles. The third-order valence-electron chi connectivity index (χ3n) is 5.39. The minimum absolute atomic E-state index is 0.185. The molecular formula is C20H25N3O. The number of nitrogens with zero attached hydrogens (tertiary/aromatic N) is 3. The topological polar surface area (TPSA) is 38.1 Å². The van der Waals surface area contributed by atoms with Gasteiger partial charge in [-0.25, -0.2) is 0 Å². The van der Waals surface area contributed by atoms with Crippen LogP contribution < -0.4 is 0 Å². The molecule has 1 aromatic heterocycles. The molecule has 3 atom stereocenters. The van der Waals surface area contributed by atoms with Crippen molar-refractivity contribution in [2.75, 3.05) is 13.1 Å². The Labute approximate surface area is 143 Å². The van der Waals surface area contributed by atoms with E-state index in [2.05, 4.69) is 54.3 Å². The monoisotopic (exact) mass is 323 g/mol. The number of rotatable bonds is 3. The molecule has 1 saturated carbocycles. The lowest BCUT2D eigenvalue weighted by Crippen LogP contribution is -2.41. The van der Waals surface area contributed by atoms with Gasteiger partial charge < -0.3 is 4.90 Å². The summed E-state index contributed by atoms with van der Waals surface area (Å²) >= 11 is 0. The predicted molar refractivity (Wildman–Crippen MR) is 93.8 cm³/mol. The molecule has 1 aliphatic carbocycles. The Bertz CT molecular complexity index is 751. The lowest BCUT2D eigenvalue weighted by atomic mass is 10.0. The number of hydrogen-bond acceptors (Lipinski definition) is 2. The van der Waals surface area contributed by atoms with Gasteiger partial charge in [0.2, 0.25) is 5.91 Å². The minimum Gasteiger partial charge on any atom is -0.340 e. The average Bonchev–Trinajstić information content (AvgIpc) is 3.28. The molecule has 0 spiro atoms. The zero-order chi connectivity index (χ0) is 16.7. The van der Waals surface area contributed by atoms with Crippen LogP contribution in [0.2, 0.25) is 0 Å². The first-order valence-corrected chi connectivity index (χ1v) is 8.98. The summed E-state index contributed by atoms with van der Waals surface area (Å²) in [7, 11) is 0. The summed E-state index contributed by atoms with van der Waals surface area (Å²) in [6.07, 6.45) is 7.17. The highest BCUT2D eigenvalue weighted by atomic mass is 16.2. The number of carbonyl (C=O) groups is 1. The maximum Gasteiger partial charge on any atom is 0.226 e. The van der Waals surface area contributed by atoms with E-state index in [0.717, 1.165) is 32.4 Å². The molecule has 126 valence electrons. The van der Waals surface area contributed by atoms with Gasteiger partial charge in [-0.05, 0) is 50.2 Å². The number of aromatic nitrogens is 2. The Morgan fingerprint density at radius 2 is 2.12 bits per heavy atom. The summed E-state index contributed by atoms with van der Waals surface area (Å²) < 4.78 is 2.04.